The van der Waals surface area contributed by atoms with Gasteiger partial charge in [-0.25, -0.2) is 0 Å². The van der Waals surface area contributed by atoms with E-state index in [-0.39, 0.29) is 0 Å². The number of dihydropyridines is 1. The van der Waals surface area contributed by atoms with Crippen molar-refractivity contribution in [3.8, 4) is 0 Å². The lowest BCUT2D eigenvalue weighted by molar-refractivity contribution is -0.118. The van der Waals surface area contributed by atoms with Crippen LogP contribution in [0.2, 0.25) is 0 Å². The highest BCUT2D eigenvalue weighted by Gasteiger charge is 2.44. The summed E-state index contributed by atoms with van der Waals surface area (Å²) < 4.78 is 0. The molecule has 1 fully saturated rings. The van der Waals surface area contributed by atoms with Crippen molar-refractivity contribution in [3.05, 3.63) is 34.9 Å². The van der Waals surface area contributed by atoms with E-state index in [1.54, 1.807) is 5.57 Å². The summed E-state index contributed by atoms with van der Waals surface area (Å²) in [5.41, 5.74) is 6.52. The highest BCUT2D eigenvalue weighted by molar-refractivity contribution is 6.28. The maximum atomic E-state index is 11.4. The summed E-state index contributed by atoms with van der Waals surface area (Å²) in [6, 6.07) is 0.519. The molecular formula is C21H26N2O. The van der Waals surface area contributed by atoms with Crippen molar-refractivity contribution >= 4 is 17.2 Å². The van der Waals surface area contributed by atoms with E-state index < -0.39 is 0 Å². The topological polar surface area (TPSA) is 41.8 Å². The van der Waals surface area contributed by atoms with Crippen molar-refractivity contribution in [1.82, 2.24) is 0 Å². The number of aliphatic imine (C=N–C) groups is 2. The standard InChI is InChI=1S/C21H26N2O/c1-13-11-19-20(13)17-5-3-4-6-18(21(17)14(2)23-19)22-12-15-7-9-16(24)10-8-15/h4,6-7,13,19-20H,3,5,8-12H2,1-2H3. The number of carbonyl (C=O) groups excluding carboxylic acids is 1. The van der Waals surface area contributed by atoms with E-state index >= 15 is 0 Å². The van der Waals surface area contributed by atoms with Gasteiger partial charge < -0.3 is 0 Å². The van der Waals surface area contributed by atoms with Crippen molar-refractivity contribution < 1.29 is 4.79 Å². The first-order valence-corrected chi connectivity index (χ1v) is 9.32. The maximum Gasteiger partial charge on any atom is 0.136 e. The van der Waals surface area contributed by atoms with Gasteiger partial charge in [0.05, 0.1) is 18.3 Å². The molecule has 0 amide bonds. The number of hydrogen-bond acceptors (Lipinski definition) is 3. The Hall–Kier alpha value is -1.77. The highest BCUT2D eigenvalue weighted by atomic mass is 16.1. The number of rotatable bonds is 2. The number of allylic oxidation sites excluding steroid dienone is 4. The van der Waals surface area contributed by atoms with Crippen LogP contribution in [0.25, 0.3) is 0 Å². The predicted molar refractivity (Wildman–Crippen MR) is 98.8 cm³/mol. The summed E-state index contributed by atoms with van der Waals surface area (Å²) in [7, 11) is 0. The van der Waals surface area contributed by atoms with Crippen LogP contribution in [0.1, 0.15) is 52.4 Å². The molecule has 0 radical (unpaired) electrons. The maximum absolute atomic E-state index is 11.4. The molecule has 0 spiro atoms. The average Bonchev–Trinajstić information content (AvgIpc) is 2.76. The minimum Gasteiger partial charge on any atom is -0.299 e. The van der Waals surface area contributed by atoms with E-state index in [2.05, 4.69) is 32.1 Å². The number of ketones is 1. The molecule has 24 heavy (non-hydrogen) atoms. The average molecular weight is 322 g/mol. The molecule has 1 saturated carbocycles. The van der Waals surface area contributed by atoms with E-state index in [0.29, 0.717) is 30.6 Å². The Labute approximate surface area is 144 Å². The molecule has 0 aromatic heterocycles. The predicted octanol–water partition coefficient (Wildman–Crippen LogP) is 4.25. The highest BCUT2D eigenvalue weighted by Crippen LogP contribution is 2.47. The number of nitrogens with zero attached hydrogens (tertiary/aromatic N) is 2. The van der Waals surface area contributed by atoms with Gasteiger partial charge in [-0.1, -0.05) is 30.2 Å². The van der Waals surface area contributed by atoms with Gasteiger partial charge in [-0.2, -0.15) is 0 Å². The minimum atomic E-state index is 0.353. The van der Waals surface area contributed by atoms with Gasteiger partial charge in [-0.3, -0.25) is 14.8 Å². The lowest BCUT2D eigenvalue weighted by Gasteiger charge is -2.46. The second kappa shape index (κ2) is 6.27. The monoisotopic (exact) mass is 322 g/mol. The molecule has 4 rings (SSSR count). The fourth-order valence-corrected chi connectivity index (χ4v) is 4.66. The second-order valence-electron chi connectivity index (χ2n) is 7.67. The van der Waals surface area contributed by atoms with Crippen molar-refractivity contribution in [2.24, 2.45) is 21.8 Å². The van der Waals surface area contributed by atoms with Crippen LogP contribution in [-0.4, -0.2) is 29.8 Å². The zero-order valence-corrected chi connectivity index (χ0v) is 14.7. The van der Waals surface area contributed by atoms with Gasteiger partial charge in [0.25, 0.3) is 0 Å². The van der Waals surface area contributed by atoms with Crippen LogP contribution in [0, 0.1) is 11.8 Å². The first-order chi connectivity index (χ1) is 11.6. The third-order valence-electron chi connectivity index (χ3n) is 5.99. The van der Waals surface area contributed by atoms with Gasteiger partial charge in [0.15, 0.2) is 0 Å². The fraction of sp³-hybridized carbons (Fsp3) is 0.571. The Balaban J connectivity index is 1.64. The van der Waals surface area contributed by atoms with E-state index in [1.807, 2.05) is 0 Å². The van der Waals surface area contributed by atoms with Crippen LogP contribution in [-0.2, 0) is 4.79 Å². The van der Waals surface area contributed by atoms with E-state index in [4.69, 9.17) is 9.98 Å². The second-order valence-corrected chi connectivity index (χ2v) is 7.67. The van der Waals surface area contributed by atoms with Crippen LogP contribution in [0.5, 0.6) is 0 Å². The van der Waals surface area contributed by atoms with Crippen LogP contribution in [0.4, 0.5) is 0 Å². The molecule has 0 aromatic rings. The molecule has 4 aliphatic rings. The molecule has 0 saturated heterocycles. The summed E-state index contributed by atoms with van der Waals surface area (Å²) in [4.78, 5) is 21.3. The van der Waals surface area contributed by atoms with Gasteiger partial charge in [-0.15, -0.1) is 0 Å². The molecule has 3 nitrogen and oxygen atoms in total. The molecule has 1 aliphatic heterocycles. The van der Waals surface area contributed by atoms with Crippen LogP contribution >= 0.6 is 0 Å². The molecule has 1 heterocycles. The Bertz CT molecular complexity index is 720. The Morgan fingerprint density at radius 1 is 1.29 bits per heavy atom. The third-order valence-corrected chi connectivity index (χ3v) is 5.99. The molecule has 3 atom stereocenters. The van der Waals surface area contributed by atoms with E-state index in [1.165, 1.54) is 23.3 Å². The quantitative estimate of drug-likeness (QED) is 0.701. The molecule has 3 heteroatoms. The zero-order valence-electron chi connectivity index (χ0n) is 14.7. The van der Waals surface area contributed by atoms with Gasteiger partial charge in [-0.05, 0) is 44.6 Å². The first kappa shape index (κ1) is 15.7. The molecule has 0 N–H and O–H groups in total. The Morgan fingerprint density at radius 2 is 2.17 bits per heavy atom. The lowest BCUT2D eigenvalue weighted by Crippen LogP contribution is -2.44. The summed E-state index contributed by atoms with van der Waals surface area (Å²) in [5, 5.41) is 0. The molecule has 126 valence electrons. The summed E-state index contributed by atoms with van der Waals surface area (Å²) in [6.07, 6.45) is 12.2. The first-order valence-electron chi connectivity index (χ1n) is 9.32. The SMILES string of the molecule is CC1=NC2CC(C)C2C2=C1C(=NCC1=CCC(=O)CC1)C=CCC2. The van der Waals surface area contributed by atoms with E-state index in [0.717, 1.165) is 37.4 Å². The minimum absolute atomic E-state index is 0.353. The van der Waals surface area contributed by atoms with Crippen molar-refractivity contribution in [1.29, 1.82) is 0 Å². The van der Waals surface area contributed by atoms with Crippen LogP contribution in [0.3, 0.4) is 0 Å². The third kappa shape index (κ3) is 2.74. The smallest absolute Gasteiger partial charge is 0.136 e. The molecule has 0 bridgehead atoms. The van der Waals surface area contributed by atoms with Crippen molar-refractivity contribution in [3.63, 3.8) is 0 Å². The van der Waals surface area contributed by atoms with Crippen molar-refractivity contribution in [2.75, 3.05) is 6.54 Å². The number of carbonyl (C=O) groups is 1. The summed E-state index contributed by atoms with van der Waals surface area (Å²) >= 11 is 0. The van der Waals surface area contributed by atoms with Crippen LogP contribution in [0.15, 0.2) is 44.9 Å². The lowest BCUT2D eigenvalue weighted by atomic mass is 9.63. The Kier molecular flexibility index (Phi) is 4.11. The zero-order chi connectivity index (χ0) is 16.7. The van der Waals surface area contributed by atoms with Gasteiger partial charge in [0.1, 0.15) is 5.78 Å². The fourth-order valence-electron chi connectivity index (χ4n) is 4.66. The molecular weight excluding hydrogens is 296 g/mol. The largest absolute Gasteiger partial charge is 0.299 e. The molecule has 3 unspecified atom stereocenters. The number of fused-ring (bicyclic) bond motifs is 2. The van der Waals surface area contributed by atoms with Gasteiger partial charge in [0.2, 0.25) is 0 Å². The van der Waals surface area contributed by atoms with Crippen LogP contribution < -0.4 is 0 Å². The van der Waals surface area contributed by atoms with Gasteiger partial charge in [0, 0.05) is 30.0 Å². The number of hydrogen-bond donors (Lipinski definition) is 0. The van der Waals surface area contributed by atoms with Gasteiger partial charge >= 0.3 is 0 Å². The van der Waals surface area contributed by atoms with E-state index in [9.17, 15) is 4.79 Å². The molecule has 3 aliphatic carbocycles. The summed E-state index contributed by atoms with van der Waals surface area (Å²) in [5.74, 6) is 1.75. The normalized spacial score (nSPS) is 34.2. The number of Topliss-reactive ketones (excluding diaryl/α,β-unsaturated/α-hetero) is 1. The Morgan fingerprint density at radius 3 is 2.92 bits per heavy atom. The molecule has 0 aromatic carbocycles. The van der Waals surface area contributed by atoms with Crippen molar-refractivity contribution in [2.45, 2.75) is 58.4 Å². The summed E-state index contributed by atoms with van der Waals surface area (Å²) in [6.45, 7) is 5.24.